The molecule has 1 atom stereocenters. The number of hydrogen-bond donors (Lipinski definition) is 2. The van der Waals surface area contributed by atoms with Crippen LogP contribution in [-0.4, -0.2) is 23.8 Å². The molecule has 1 unspecified atom stereocenters. The number of nitrogens with one attached hydrogen (secondary N) is 1. The van der Waals surface area contributed by atoms with Crippen LogP contribution in [-0.2, 0) is 0 Å². The van der Waals surface area contributed by atoms with E-state index in [0.717, 1.165) is 25.8 Å². The summed E-state index contributed by atoms with van der Waals surface area (Å²) in [4.78, 5) is 0. The maximum absolute atomic E-state index is 9.26. The molecular weight excluding hydrogens is 188 g/mol. The molecule has 3 nitrogen and oxygen atoms in total. The second-order valence-corrected chi connectivity index (χ2v) is 4.65. The normalized spacial score (nSPS) is 21.9. The standard InChI is InChI=1S/C12H22N2O/c1-12(10-13,14-8-5-9-15)11-6-3-2-4-7-11/h11,14-15H,2-9H2,1H3. The Bertz CT molecular complexity index is 218. The van der Waals surface area contributed by atoms with Crippen LogP contribution in [0.15, 0.2) is 0 Å². The van der Waals surface area contributed by atoms with E-state index in [2.05, 4.69) is 11.4 Å². The highest BCUT2D eigenvalue weighted by atomic mass is 16.3. The van der Waals surface area contributed by atoms with Gasteiger partial charge in [0, 0.05) is 6.61 Å². The van der Waals surface area contributed by atoms with E-state index in [-0.39, 0.29) is 6.61 Å². The molecule has 2 N–H and O–H groups in total. The fourth-order valence-corrected chi connectivity index (χ4v) is 2.38. The lowest BCUT2D eigenvalue weighted by Crippen LogP contribution is -2.48. The molecule has 0 aliphatic heterocycles. The third-order valence-electron chi connectivity index (χ3n) is 3.48. The van der Waals surface area contributed by atoms with Crippen molar-refractivity contribution in [2.75, 3.05) is 13.2 Å². The van der Waals surface area contributed by atoms with Crippen molar-refractivity contribution in [3.05, 3.63) is 0 Å². The molecule has 0 radical (unpaired) electrons. The highest BCUT2D eigenvalue weighted by molar-refractivity contribution is 5.08. The fourth-order valence-electron chi connectivity index (χ4n) is 2.38. The second kappa shape index (κ2) is 6.09. The Morgan fingerprint density at radius 1 is 1.40 bits per heavy atom. The first-order chi connectivity index (χ1) is 7.23. The molecule has 0 heterocycles. The number of aliphatic hydroxyl groups is 1. The van der Waals surface area contributed by atoms with E-state index < -0.39 is 5.54 Å². The summed E-state index contributed by atoms with van der Waals surface area (Å²) in [6.45, 7) is 2.93. The van der Waals surface area contributed by atoms with Crippen molar-refractivity contribution < 1.29 is 5.11 Å². The minimum Gasteiger partial charge on any atom is -0.396 e. The van der Waals surface area contributed by atoms with E-state index >= 15 is 0 Å². The number of aliphatic hydroxyl groups excluding tert-OH is 1. The van der Waals surface area contributed by atoms with Crippen molar-refractivity contribution >= 4 is 0 Å². The molecule has 0 aromatic carbocycles. The highest BCUT2D eigenvalue weighted by Gasteiger charge is 2.34. The van der Waals surface area contributed by atoms with E-state index in [9.17, 15) is 5.26 Å². The van der Waals surface area contributed by atoms with Gasteiger partial charge in [0.25, 0.3) is 0 Å². The average molecular weight is 210 g/mol. The maximum Gasteiger partial charge on any atom is 0.106 e. The Morgan fingerprint density at radius 3 is 2.60 bits per heavy atom. The maximum atomic E-state index is 9.26. The molecule has 0 saturated heterocycles. The first kappa shape index (κ1) is 12.5. The molecule has 0 aromatic heterocycles. The van der Waals surface area contributed by atoms with Crippen LogP contribution in [0.25, 0.3) is 0 Å². The molecule has 1 aliphatic rings. The molecule has 1 fully saturated rings. The largest absolute Gasteiger partial charge is 0.396 e. The molecule has 1 saturated carbocycles. The van der Waals surface area contributed by atoms with Gasteiger partial charge in [-0.15, -0.1) is 0 Å². The van der Waals surface area contributed by atoms with E-state index in [1.54, 1.807) is 0 Å². The van der Waals surface area contributed by atoms with Gasteiger partial charge in [-0.25, -0.2) is 0 Å². The first-order valence-electron chi connectivity index (χ1n) is 6.00. The minimum atomic E-state index is -0.393. The number of hydrogen-bond acceptors (Lipinski definition) is 3. The van der Waals surface area contributed by atoms with Crippen molar-refractivity contribution in [3.63, 3.8) is 0 Å². The fraction of sp³-hybridized carbons (Fsp3) is 0.917. The van der Waals surface area contributed by atoms with Crippen molar-refractivity contribution in [2.45, 2.75) is 51.0 Å². The zero-order chi connectivity index (χ0) is 11.1. The monoisotopic (exact) mass is 210 g/mol. The molecule has 0 aromatic rings. The van der Waals surface area contributed by atoms with Crippen LogP contribution in [0.3, 0.4) is 0 Å². The zero-order valence-electron chi connectivity index (χ0n) is 9.63. The molecule has 0 amide bonds. The number of nitriles is 1. The van der Waals surface area contributed by atoms with Gasteiger partial charge in [-0.05, 0) is 38.6 Å². The quantitative estimate of drug-likeness (QED) is 0.681. The predicted molar refractivity (Wildman–Crippen MR) is 60.3 cm³/mol. The van der Waals surface area contributed by atoms with Crippen LogP contribution in [0.4, 0.5) is 0 Å². The topological polar surface area (TPSA) is 56.0 Å². The van der Waals surface area contributed by atoms with Crippen molar-refractivity contribution in [1.82, 2.24) is 5.32 Å². The van der Waals surface area contributed by atoms with Gasteiger partial charge in [-0.1, -0.05) is 19.3 Å². The van der Waals surface area contributed by atoms with Gasteiger partial charge in [0.15, 0.2) is 0 Å². The van der Waals surface area contributed by atoms with E-state index in [0.29, 0.717) is 5.92 Å². The van der Waals surface area contributed by atoms with Crippen LogP contribution in [0.1, 0.15) is 45.4 Å². The van der Waals surface area contributed by atoms with Crippen LogP contribution < -0.4 is 5.32 Å². The highest BCUT2D eigenvalue weighted by Crippen LogP contribution is 2.32. The summed E-state index contributed by atoms with van der Waals surface area (Å²) in [5.41, 5.74) is -0.393. The zero-order valence-corrected chi connectivity index (χ0v) is 9.63. The Balaban J connectivity index is 2.46. The summed E-state index contributed by atoms with van der Waals surface area (Å²) in [6.07, 6.45) is 6.87. The van der Waals surface area contributed by atoms with E-state index in [1.807, 2.05) is 6.92 Å². The average Bonchev–Trinajstić information content (AvgIpc) is 2.30. The molecule has 0 bridgehead atoms. The summed E-state index contributed by atoms with van der Waals surface area (Å²) < 4.78 is 0. The molecule has 86 valence electrons. The van der Waals surface area contributed by atoms with E-state index in [1.165, 1.54) is 19.3 Å². The molecule has 15 heavy (non-hydrogen) atoms. The summed E-state index contributed by atoms with van der Waals surface area (Å²) in [7, 11) is 0. The minimum absolute atomic E-state index is 0.194. The van der Waals surface area contributed by atoms with Gasteiger partial charge in [-0.3, -0.25) is 5.32 Å². The summed E-state index contributed by atoms with van der Waals surface area (Å²) in [6, 6.07) is 2.41. The van der Waals surface area contributed by atoms with Gasteiger partial charge < -0.3 is 5.11 Å². The van der Waals surface area contributed by atoms with Crippen LogP contribution >= 0.6 is 0 Å². The molecular formula is C12H22N2O. The summed E-state index contributed by atoms with van der Waals surface area (Å²) >= 11 is 0. The van der Waals surface area contributed by atoms with Gasteiger partial charge >= 0.3 is 0 Å². The lowest BCUT2D eigenvalue weighted by Gasteiger charge is -2.35. The third-order valence-corrected chi connectivity index (χ3v) is 3.48. The number of nitrogens with zero attached hydrogens (tertiary/aromatic N) is 1. The van der Waals surface area contributed by atoms with Crippen LogP contribution in [0.2, 0.25) is 0 Å². The Hall–Kier alpha value is -0.590. The van der Waals surface area contributed by atoms with Gasteiger partial charge in [-0.2, -0.15) is 5.26 Å². The second-order valence-electron chi connectivity index (χ2n) is 4.65. The molecule has 0 spiro atoms. The van der Waals surface area contributed by atoms with E-state index in [4.69, 9.17) is 5.11 Å². The van der Waals surface area contributed by atoms with Crippen LogP contribution in [0.5, 0.6) is 0 Å². The van der Waals surface area contributed by atoms with Gasteiger partial charge in [0.2, 0.25) is 0 Å². The third kappa shape index (κ3) is 3.48. The SMILES string of the molecule is CC(C#N)(NCCCO)C1CCCCC1. The van der Waals surface area contributed by atoms with Crippen molar-refractivity contribution in [3.8, 4) is 6.07 Å². The lowest BCUT2D eigenvalue weighted by molar-refractivity contribution is 0.218. The Labute approximate surface area is 92.5 Å². The van der Waals surface area contributed by atoms with Gasteiger partial charge in [0.05, 0.1) is 6.07 Å². The number of rotatable bonds is 5. The summed E-state index contributed by atoms with van der Waals surface area (Å²) in [5.74, 6) is 0.481. The molecule has 1 aliphatic carbocycles. The van der Waals surface area contributed by atoms with Crippen molar-refractivity contribution in [1.29, 1.82) is 5.26 Å². The van der Waals surface area contributed by atoms with Gasteiger partial charge in [0.1, 0.15) is 5.54 Å². The molecule has 3 heteroatoms. The molecule has 1 rings (SSSR count). The Kier molecular flexibility index (Phi) is 5.07. The predicted octanol–water partition coefficient (Wildman–Crippen LogP) is 1.82. The smallest absolute Gasteiger partial charge is 0.106 e. The van der Waals surface area contributed by atoms with Crippen molar-refractivity contribution in [2.24, 2.45) is 5.92 Å². The van der Waals surface area contributed by atoms with Crippen LogP contribution in [0, 0.1) is 17.2 Å². The first-order valence-corrected chi connectivity index (χ1v) is 6.00. The Morgan fingerprint density at radius 2 is 2.07 bits per heavy atom. The lowest BCUT2D eigenvalue weighted by atomic mass is 9.76. The summed E-state index contributed by atoms with van der Waals surface area (Å²) in [5, 5.41) is 21.3.